The van der Waals surface area contributed by atoms with Gasteiger partial charge in [0.15, 0.2) is 0 Å². The zero-order valence-electron chi connectivity index (χ0n) is 16.1. The van der Waals surface area contributed by atoms with Crippen LogP contribution in [0.2, 0.25) is 0 Å². The first kappa shape index (κ1) is 18.7. The van der Waals surface area contributed by atoms with E-state index in [-0.39, 0.29) is 12.1 Å². The molecular weight excluding hydrogens is 366 g/mol. The molecular formula is C23H21N3O3. The fourth-order valence-corrected chi connectivity index (χ4v) is 3.58. The summed E-state index contributed by atoms with van der Waals surface area (Å²) in [4.78, 5) is 38.7. The van der Waals surface area contributed by atoms with Crippen LogP contribution in [0.1, 0.15) is 24.5 Å². The Labute approximate surface area is 168 Å². The molecule has 4 rings (SSSR count). The van der Waals surface area contributed by atoms with Crippen LogP contribution in [0.5, 0.6) is 0 Å². The third kappa shape index (κ3) is 3.57. The third-order valence-electron chi connectivity index (χ3n) is 4.95. The fourth-order valence-electron chi connectivity index (χ4n) is 3.58. The number of hydrogen-bond acceptors (Lipinski definition) is 3. The van der Waals surface area contributed by atoms with Gasteiger partial charge in [-0.3, -0.25) is 19.8 Å². The van der Waals surface area contributed by atoms with Crippen molar-refractivity contribution >= 4 is 34.8 Å². The summed E-state index contributed by atoms with van der Waals surface area (Å²) < 4.78 is 2.11. The number of carbonyl (C=O) groups excluding carboxylic acids is 3. The highest BCUT2D eigenvalue weighted by molar-refractivity contribution is 6.31. The number of imide groups is 2. The second kappa shape index (κ2) is 7.75. The molecule has 2 heterocycles. The Morgan fingerprint density at radius 1 is 0.966 bits per heavy atom. The summed E-state index contributed by atoms with van der Waals surface area (Å²) in [7, 11) is 0. The highest BCUT2D eigenvalue weighted by atomic mass is 16.2. The van der Waals surface area contributed by atoms with Gasteiger partial charge < -0.3 is 4.57 Å². The molecule has 146 valence electrons. The third-order valence-corrected chi connectivity index (χ3v) is 4.95. The van der Waals surface area contributed by atoms with E-state index in [9.17, 15) is 14.4 Å². The van der Waals surface area contributed by atoms with Crippen molar-refractivity contribution in [2.45, 2.75) is 26.4 Å². The Balaban J connectivity index is 1.73. The van der Waals surface area contributed by atoms with E-state index in [1.807, 2.05) is 60.8 Å². The van der Waals surface area contributed by atoms with Crippen LogP contribution in [0.3, 0.4) is 0 Å². The Kier molecular flexibility index (Phi) is 4.99. The smallest absolute Gasteiger partial charge is 0.331 e. The molecule has 6 heteroatoms. The molecule has 0 saturated carbocycles. The summed E-state index contributed by atoms with van der Waals surface area (Å²) in [6.45, 7) is 3.04. The van der Waals surface area contributed by atoms with Gasteiger partial charge in [0.2, 0.25) is 0 Å². The number of barbiturate groups is 1. The molecule has 2 aromatic carbocycles. The number of benzene rings is 2. The van der Waals surface area contributed by atoms with Crippen molar-refractivity contribution in [2.75, 3.05) is 0 Å². The summed E-state index contributed by atoms with van der Waals surface area (Å²) in [5, 5.41) is 3.24. The maximum atomic E-state index is 13.0. The van der Waals surface area contributed by atoms with Crippen LogP contribution in [0.25, 0.3) is 17.0 Å². The van der Waals surface area contributed by atoms with Crippen molar-refractivity contribution in [2.24, 2.45) is 0 Å². The van der Waals surface area contributed by atoms with Gasteiger partial charge in [-0.15, -0.1) is 0 Å². The van der Waals surface area contributed by atoms with E-state index in [4.69, 9.17) is 0 Å². The lowest BCUT2D eigenvalue weighted by Gasteiger charge is -2.26. The van der Waals surface area contributed by atoms with Crippen LogP contribution in [-0.4, -0.2) is 27.3 Å². The van der Waals surface area contributed by atoms with Crippen molar-refractivity contribution < 1.29 is 14.4 Å². The van der Waals surface area contributed by atoms with Crippen molar-refractivity contribution in [3.8, 4) is 0 Å². The van der Waals surface area contributed by atoms with E-state index in [1.165, 1.54) is 0 Å². The van der Waals surface area contributed by atoms with Crippen LogP contribution in [0.4, 0.5) is 4.79 Å². The molecule has 0 radical (unpaired) electrons. The molecule has 0 atom stereocenters. The van der Waals surface area contributed by atoms with E-state index < -0.39 is 17.8 Å². The number of urea groups is 1. The number of rotatable bonds is 5. The summed E-state index contributed by atoms with van der Waals surface area (Å²) in [5.41, 5.74) is 2.59. The lowest BCUT2D eigenvalue weighted by Crippen LogP contribution is -2.53. The number of aromatic nitrogens is 1. The number of hydrogen-bond donors (Lipinski definition) is 1. The van der Waals surface area contributed by atoms with Crippen LogP contribution < -0.4 is 5.32 Å². The summed E-state index contributed by atoms with van der Waals surface area (Å²) in [5.74, 6) is -1.26. The van der Waals surface area contributed by atoms with Gasteiger partial charge in [-0.1, -0.05) is 55.5 Å². The number of nitrogens with zero attached hydrogens (tertiary/aromatic N) is 2. The monoisotopic (exact) mass is 387 g/mol. The zero-order chi connectivity index (χ0) is 20.4. The van der Waals surface area contributed by atoms with Crippen molar-refractivity contribution in [1.82, 2.24) is 14.8 Å². The van der Waals surface area contributed by atoms with Crippen molar-refractivity contribution in [3.05, 3.63) is 77.5 Å². The molecule has 3 aromatic rings. The number of para-hydroxylation sites is 1. The molecule has 4 amide bonds. The molecule has 29 heavy (non-hydrogen) atoms. The van der Waals surface area contributed by atoms with Crippen molar-refractivity contribution in [1.29, 1.82) is 0 Å². The minimum absolute atomic E-state index is 0.0417. The largest absolute Gasteiger partial charge is 0.347 e. The first-order chi connectivity index (χ1) is 14.1. The minimum Gasteiger partial charge on any atom is -0.347 e. The van der Waals surface area contributed by atoms with Crippen LogP contribution in [-0.2, 0) is 22.7 Å². The highest BCUT2D eigenvalue weighted by Crippen LogP contribution is 2.25. The fraction of sp³-hybridized carbons (Fsp3) is 0.174. The summed E-state index contributed by atoms with van der Waals surface area (Å²) in [6.07, 6.45) is 4.49. The molecule has 1 aliphatic heterocycles. The van der Waals surface area contributed by atoms with Crippen molar-refractivity contribution in [3.63, 3.8) is 0 Å². The molecule has 0 spiro atoms. The standard InChI is InChI=1S/C23H21N3O3/c1-2-12-25-15-17(18-10-6-7-11-20(18)25)13-19-21(27)24-23(29)26(22(19)28)14-16-8-4-3-5-9-16/h3-11,13,15H,2,12,14H2,1H3,(H,24,27,29). The van der Waals surface area contributed by atoms with Crippen LogP contribution in [0.15, 0.2) is 66.4 Å². The highest BCUT2D eigenvalue weighted by Gasteiger charge is 2.35. The van der Waals surface area contributed by atoms with E-state index in [2.05, 4.69) is 16.8 Å². The predicted molar refractivity (Wildman–Crippen MR) is 111 cm³/mol. The Hall–Kier alpha value is -3.67. The maximum Gasteiger partial charge on any atom is 0.331 e. The van der Waals surface area contributed by atoms with Gasteiger partial charge in [0, 0.05) is 29.2 Å². The van der Waals surface area contributed by atoms with E-state index >= 15 is 0 Å². The second-order valence-electron chi connectivity index (χ2n) is 6.99. The average Bonchev–Trinajstić information content (AvgIpc) is 3.07. The molecule has 1 aromatic heterocycles. The quantitative estimate of drug-likeness (QED) is 0.536. The maximum absolute atomic E-state index is 13.0. The van der Waals surface area contributed by atoms with Gasteiger partial charge in [-0.2, -0.15) is 0 Å². The molecule has 1 fully saturated rings. The lowest BCUT2D eigenvalue weighted by molar-refractivity contribution is -0.130. The molecule has 1 aliphatic rings. The number of nitrogens with one attached hydrogen (secondary N) is 1. The molecule has 1 saturated heterocycles. The van der Waals surface area contributed by atoms with Gasteiger partial charge in [-0.25, -0.2) is 4.79 Å². The normalized spacial score (nSPS) is 16.0. The predicted octanol–water partition coefficient (Wildman–Crippen LogP) is 3.71. The SMILES string of the molecule is CCCn1cc(C=C2C(=O)NC(=O)N(Cc3ccccc3)C2=O)c2ccccc21. The topological polar surface area (TPSA) is 71.4 Å². The number of fused-ring (bicyclic) bond motifs is 1. The Morgan fingerprint density at radius 2 is 1.69 bits per heavy atom. The number of amides is 4. The van der Waals surface area contributed by atoms with Gasteiger partial charge in [0.05, 0.1) is 6.54 Å². The van der Waals surface area contributed by atoms with E-state index in [1.54, 1.807) is 6.08 Å². The van der Waals surface area contributed by atoms with Crippen LogP contribution >= 0.6 is 0 Å². The molecule has 1 N–H and O–H groups in total. The number of aryl methyl sites for hydroxylation is 1. The molecule has 0 aliphatic carbocycles. The lowest BCUT2D eigenvalue weighted by atomic mass is 10.1. The Bertz CT molecular complexity index is 1130. The van der Waals surface area contributed by atoms with Gasteiger partial charge in [-0.05, 0) is 24.1 Å². The second-order valence-corrected chi connectivity index (χ2v) is 6.99. The Morgan fingerprint density at radius 3 is 2.45 bits per heavy atom. The molecule has 0 bridgehead atoms. The average molecular weight is 387 g/mol. The summed E-state index contributed by atoms with van der Waals surface area (Å²) in [6, 6.07) is 16.4. The van der Waals surface area contributed by atoms with Gasteiger partial charge in [0.25, 0.3) is 11.8 Å². The first-order valence-corrected chi connectivity index (χ1v) is 9.59. The van der Waals surface area contributed by atoms with E-state index in [0.717, 1.165) is 39.9 Å². The van der Waals surface area contributed by atoms with Gasteiger partial charge in [0.1, 0.15) is 5.57 Å². The van der Waals surface area contributed by atoms with Gasteiger partial charge >= 0.3 is 6.03 Å². The molecule has 6 nitrogen and oxygen atoms in total. The minimum atomic E-state index is -0.700. The van der Waals surface area contributed by atoms with Crippen LogP contribution in [0, 0.1) is 0 Å². The van der Waals surface area contributed by atoms with E-state index in [0.29, 0.717) is 0 Å². The number of carbonyl (C=O) groups is 3. The summed E-state index contributed by atoms with van der Waals surface area (Å²) >= 11 is 0. The molecule has 0 unspecified atom stereocenters. The zero-order valence-corrected chi connectivity index (χ0v) is 16.1. The first-order valence-electron chi connectivity index (χ1n) is 9.59.